The highest BCUT2D eigenvalue weighted by atomic mass is 16.2. The van der Waals surface area contributed by atoms with E-state index < -0.39 is 5.91 Å². The number of aromatic nitrogens is 1. The van der Waals surface area contributed by atoms with Crippen molar-refractivity contribution in [2.24, 2.45) is 5.92 Å². The van der Waals surface area contributed by atoms with E-state index in [2.05, 4.69) is 70.5 Å². The number of nitrogens with one attached hydrogen (secondary N) is 3. The predicted molar refractivity (Wildman–Crippen MR) is 141 cm³/mol. The van der Waals surface area contributed by atoms with Gasteiger partial charge in [-0.1, -0.05) is 42.8 Å². The third-order valence-corrected chi connectivity index (χ3v) is 8.93. The van der Waals surface area contributed by atoms with Gasteiger partial charge in [0.15, 0.2) is 0 Å². The van der Waals surface area contributed by atoms with Gasteiger partial charge in [0.2, 0.25) is 5.78 Å². The van der Waals surface area contributed by atoms with Crippen LogP contribution in [0.1, 0.15) is 80.7 Å². The molecule has 1 atom stereocenters. The smallest absolute Gasteiger partial charge is 0.292 e. The van der Waals surface area contributed by atoms with Crippen LogP contribution in [-0.4, -0.2) is 41.2 Å². The fourth-order valence-electron chi connectivity index (χ4n) is 6.31. The van der Waals surface area contributed by atoms with Gasteiger partial charge in [-0.15, -0.1) is 0 Å². The quantitative estimate of drug-likeness (QED) is 0.500. The third-order valence-electron chi connectivity index (χ3n) is 8.93. The summed E-state index contributed by atoms with van der Waals surface area (Å²) < 4.78 is 0. The second-order valence-electron chi connectivity index (χ2n) is 11.4. The van der Waals surface area contributed by atoms with Crippen LogP contribution in [0.5, 0.6) is 0 Å². The maximum absolute atomic E-state index is 12.7. The summed E-state index contributed by atoms with van der Waals surface area (Å²) in [6.07, 6.45) is 8.73. The number of aryl methyl sites for hydroxylation is 1. The number of hydrogen-bond acceptors (Lipinski definition) is 6. The Kier molecular flexibility index (Phi) is 6.99. The number of hydrazine groups is 1. The van der Waals surface area contributed by atoms with Gasteiger partial charge in [-0.3, -0.25) is 19.9 Å². The fourth-order valence-corrected chi connectivity index (χ4v) is 6.31. The van der Waals surface area contributed by atoms with Gasteiger partial charge in [0, 0.05) is 28.8 Å². The average molecular weight is 490 g/mol. The molecule has 1 aromatic heterocycles. The number of anilines is 1. The summed E-state index contributed by atoms with van der Waals surface area (Å²) in [5.41, 5.74) is 10.3. The minimum absolute atomic E-state index is 0.00877. The summed E-state index contributed by atoms with van der Waals surface area (Å²) in [6, 6.07) is 14.9. The molecule has 2 aromatic rings. The lowest BCUT2D eigenvalue weighted by Gasteiger charge is -2.49. The number of amides is 1. The van der Waals surface area contributed by atoms with Crippen molar-refractivity contribution in [1.82, 2.24) is 20.7 Å². The highest BCUT2D eigenvalue weighted by Gasteiger charge is 2.48. The lowest BCUT2D eigenvalue weighted by atomic mass is 9.67. The number of benzene rings is 1. The zero-order valence-electron chi connectivity index (χ0n) is 21.8. The number of rotatable bonds is 7. The molecule has 7 heteroatoms. The molecule has 0 bridgehead atoms. The maximum atomic E-state index is 12.7. The van der Waals surface area contributed by atoms with Gasteiger partial charge in [-0.2, -0.15) is 0 Å². The highest BCUT2D eigenvalue weighted by molar-refractivity contribution is 6.40. The van der Waals surface area contributed by atoms with Gasteiger partial charge in [0.1, 0.15) is 5.82 Å². The minimum Gasteiger partial charge on any atom is -0.304 e. The van der Waals surface area contributed by atoms with E-state index >= 15 is 0 Å². The summed E-state index contributed by atoms with van der Waals surface area (Å²) in [5, 5.41) is 2.85. The molecule has 0 radical (unpaired) electrons. The van der Waals surface area contributed by atoms with Crippen molar-refractivity contribution in [1.29, 1.82) is 0 Å². The summed E-state index contributed by atoms with van der Waals surface area (Å²) in [6.45, 7) is 1.91. The first-order chi connectivity index (χ1) is 17.3. The molecule has 5 rings (SSSR count). The van der Waals surface area contributed by atoms with Crippen molar-refractivity contribution in [3.05, 3.63) is 59.3 Å². The summed E-state index contributed by atoms with van der Waals surface area (Å²) in [7, 11) is 4.38. The van der Waals surface area contributed by atoms with E-state index in [1.165, 1.54) is 5.56 Å². The van der Waals surface area contributed by atoms with E-state index in [9.17, 15) is 9.59 Å². The van der Waals surface area contributed by atoms with Gasteiger partial charge in [0.25, 0.3) is 5.91 Å². The van der Waals surface area contributed by atoms with Crippen LogP contribution >= 0.6 is 0 Å². The SMILES string of the molecule is Cc1ccc([C@@H]2CC3(CCC(c4ccccc4)(N(C)C)CC3)NN2)c(NC(=O)C(=O)CC2CCC2)n1. The van der Waals surface area contributed by atoms with Crippen LogP contribution in [0.15, 0.2) is 42.5 Å². The van der Waals surface area contributed by atoms with E-state index in [0.717, 1.165) is 62.6 Å². The molecule has 7 nitrogen and oxygen atoms in total. The summed E-state index contributed by atoms with van der Waals surface area (Å²) in [4.78, 5) is 32.2. The first kappa shape index (κ1) is 25.1. The number of carbonyl (C=O) groups excluding carboxylic acids is 2. The Labute approximate surface area is 214 Å². The normalized spacial score (nSPS) is 28.3. The van der Waals surface area contributed by atoms with Crippen molar-refractivity contribution in [2.45, 2.75) is 81.8 Å². The molecule has 1 saturated heterocycles. The monoisotopic (exact) mass is 489 g/mol. The van der Waals surface area contributed by atoms with Gasteiger partial charge in [0.05, 0.1) is 6.04 Å². The van der Waals surface area contributed by atoms with Crippen molar-refractivity contribution in [3.8, 4) is 0 Å². The Morgan fingerprint density at radius 3 is 2.42 bits per heavy atom. The molecular formula is C29H39N5O2. The molecule has 2 heterocycles. The van der Waals surface area contributed by atoms with Crippen LogP contribution in [0, 0.1) is 12.8 Å². The van der Waals surface area contributed by atoms with Gasteiger partial charge in [-0.05, 0) is 83.5 Å². The van der Waals surface area contributed by atoms with E-state index in [4.69, 9.17) is 0 Å². The maximum Gasteiger partial charge on any atom is 0.292 e. The molecular weight excluding hydrogens is 450 g/mol. The summed E-state index contributed by atoms with van der Waals surface area (Å²) in [5.74, 6) is -0.0133. The van der Waals surface area contributed by atoms with E-state index in [-0.39, 0.29) is 22.9 Å². The molecule has 3 fully saturated rings. The predicted octanol–water partition coefficient (Wildman–Crippen LogP) is 4.40. The Morgan fingerprint density at radius 1 is 1.06 bits per heavy atom. The molecule has 1 aliphatic heterocycles. The molecule has 1 spiro atoms. The standard InChI is InChI=1S/C29H39N5O2/c1-20-12-13-23(26(30-20)31-27(36)25(35)18-21-8-7-9-21)24-19-28(33-32-24)14-16-29(17-15-28,34(2)3)22-10-5-4-6-11-22/h4-6,10-13,21,24,32-33H,7-9,14-19H2,1-3H3,(H,30,31,36)/t24-,28?,29?/m0/s1. The van der Waals surface area contributed by atoms with Crippen LogP contribution in [0.4, 0.5) is 5.82 Å². The first-order valence-electron chi connectivity index (χ1n) is 13.4. The lowest BCUT2D eigenvalue weighted by Crippen LogP contribution is -2.53. The van der Waals surface area contributed by atoms with Crippen LogP contribution in [-0.2, 0) is 15.1 Å². The first-order valence-corrected chi connectivity index (χ1v) is 13.4. The van der Waals surface area contributed by atoms with Crippen LogP contribution in [0.2, 0.25) is 0 Å². The van der Waals surface area contributed by atoms with Crippen LogP contribution < -0.4 is 16.2 Å². The number of hydrogen-bond donors (Lipinski definition) is 3. The third kappa shape index (κ3) is 4.84. The minimum atomic E-state index is -0.543. The molecule has 1 aromatic carbocycles. The molecule has 0 unspecified atom stereocenters. The van der Waals surface area contributed by atoms with Crippen LogP contribution in [0.25, 0.3) is 0 Å². The van der Waals surface area contributed by atoms with E-state index in [1.54, 1.807) is 0 Å². The van der Waals surface area contributed by atoms with Crippen LogP contribution in [0.3, 0.4) is 0 Å². The van der Waals surface area contributed by atoms with Crippen molar-refractivity contribution < 1.29 is 9.59 Å². The lowest BCUT2D eigenvalue weighted by molar-refractivity contribution is -0.135. The molecule has 2 aliphatic carbocycles. The van der Waals surface area contributed by atoms with Gasteiger partial charge in [-0.25, -0.2) is 10.4 Å². The number of carbonyl (C=O) groups is 2. The van der Waals surface area contributed by atoms with Crippen molar-refractivity contribution in [2.75, 3.05) is 19.4 Å². The number of nitrogens with zero attached hydrogens (tertiary/aromatic N) is 2. The zero-order chi connectivity index (χ0) is 25.3. The van der Waals surface area contributed by atoms with Gasteiger partial charge < -0.3 is 5.32 Å². The fraction of sp³-hybridized carbons (Fsp3) is 0.552. The Balaban J connectivity index is 1.29. The molecule has 2 saturated carbocycles. The zero-order valence-corrected chi connectivity index (χ0v) is 21.8. The molecule has 192 valence electrons. The molecule has 3 N–H and O–H groups in total. The highest BCUT2D eigenvalue weighted by Crippen LogP contribution is 2.48. The molecule has 3 aliphatic rings. The molecule has 36 heavy (non-hydrogen) atoms. The Bertz CT molecular complexity index is 1100. The largest absolute Gasteiger partial charge is 0.304 e. The summed E-state index contributed by atoms with van der Waals surface area (Å²) >= 11 is 0. The number of pyridine rings is 1. The van der Waals surface area contributed by atoms with Crippen molar-refractivity contribution >= 4 is 17.5 Å². The number of ketones is 1. The topological polar surface area (TPSA) is 86.4 Å². The number of Topliss-reactive ketones (excluding diaryl/α,β-unsaturated/α-hetero) is 1. The van der Waals surface area contributed by atoms with E-state index in [1.807, 2.05) is 19.1 Å². The Morgan fingerprint density at radius 2 is 1.78 bits per heavy atom. The second-order valence-corrected chi connectivity index (χ2v) is 11.4. The molecule has 1 amide bonds. The Hall–Kier alpha value is -2.61. The van der Waals surface area contributed by atoms with E-state index in [0.29, 0.717) is 18.2 Å². The van der Waals surface area contributed by atoms with Crippen molar-refractivity contribution in [3.63, 3.8) is 0 Å². The second kappa shape index (κ2) is 10.0. The van der Waals surface area contributed by atoms with Gasteiger partial charge >= 0.3 is 0 Å². The average Bonchev–Trinajstić information content (AvgIpc) is 3.25.